The van der Waals surface area contributed by atoms with Gasteiger partial charge in [0, 0.05) is 12.8 Å². The van der Waals surface area contributed by atoms with Crippen LogP contribution in [0.25, 0.3) is 0 Å². The fourth-order valence-corrected chi connectivity index (χ4v) is 6.23. The number of sulfonamides is 1. The summed E-state index contributed by atoms with van der Waals surface area (Å²) in [5, 5.41) is 9.78. The molecule has 1 N–H and O–H groups in total. The molecule has 0 spiro atoms. The molecule has 2 aliphatic rings. The number of para-hydroxylation sites is 1. The number of anilines is 1. The number of amides is 1. The van der Waals surface area contributed by atoms with E-state index in [1.165, 1.54) is 11.2 Å². The van der Waals surface area contributed by atoms with Gasteiger partial charge in [-0.1, -0.05) is 36.4 Å². The molecule has 0 radical (unpaired) electrons. The van der Waals surface area contributed by atoms with Crippen molar-refractivity contribution in [2.24, 2.45) is 0 Å². The molecular weight excluding hydrogens is 364 g/mol. The van der Waals surface area contributed by atoms with E-state index in [4.69, 9.17) is 0 Å². The smallest absolute Gasteiger partial charge is 0.264 e. The first kappa shape index (κ1) is 18.0. The van der Waals surface area contributed by atoms with Gasteiger partial charge in [0.2, 0.25) is 5.91 Å². The highest BCUT2D eigenvalue weighted by molar-refractivity contribution is 7.92. The highest BCUT2D eigenvalue weighted by Gasteiger charge is 2.55. The van der Waals surface area contributed by atoms with Gasteiger partial charge in [0.15, 0.2) is 0 Å². The molecule has 1 amide bonds. The van der Waals surface area contributed by atoms with Crippen LogP contribution in [0, 0.1) is 6.92 Å². The number of carbonyl (C=O) groups excluding carboxylic acids is 1. The van der Waals surface area contributed by atoms with Crippen LogP contribution in [0.4, 0.5) is 5.69 Å². The van der Waals surface area contributed by atoms with Crippen LogP contribution in [-0.2, 0) is 14.8 Å². The molecule has 142 valence electrons. The lowest BCUT2D eigenvalue weighted by Crippen LogP contribution is -2.70. The molecule has 0 saturated carbocycles. The maximum absolute atomic E-state index is 13.4. The third-order valence-electron chi connectivity index (χ3n) is 5.67. The Bertz CT molecular complexity index is 1000. The van der Waals surface area contributed by atoms with E-state index >= 15 is 0 Å². The van der Waals surface area contributed by atoms with Crippen molar-refractivity contribution in [2.45, 2.75) is 36.7 Å². The van der Waals surface area contributed by atoms with Gasteiger partial charge in [0.1, 0.15) is 0 Å². The predicted molar refractivity (Wildman–Crippen MR) is 102 cm³/mol. The predicted octanol–water partition coefficient (Wildman–Crippen LogP) is 1.88. The van der Waals surface area contributed by atoms with E-state index in [1.807, 2.05) is 24.3 Å². The molecule has 2 aliphatic heterocycles. The summed E-state index contributed by atoms with van der Waals surface area (Å²) in [6.45, 7) is 3.28. The van der Waals surface area contributed by atoms with Crippen LogP contribution < -0.4 is 4.31 Å². The molecule has 1 fully saturated rings. The van der Waals surface area contributed by atoms with Gasteiger partial charge in [-0.05, 0) is 30.2 Å². The van der Waals surface area contributed by atoms with E-state index in [2.05, 4.69) is 0 Å². The number of hydrogen-bond donors (Lipinski definition) is 1. The first-order chi connectivity index (χ1) is 12.9. The van der Waals surface area contributed by atoms with Crippen LogP contribution in [-0.4, -0.2) is 49.6 Å². The number of hydrogen-bond acceptors (Lipinski definition) is 4. The van der Waals surface area contributed by atoms with Gasteiger partial charge >= 0.3 is 0 Å². The van der Waals surface area contributed by atoms with Gasteiger partial charge in [-0.3, -0.25) is 9.10 Å². The lowest BCUT2D eigenvalue weighted by Gasteiger charge is -2.58. The molecule has 6 nitrogen and oxygen atoms in total. The third-order valence-corrected chi connectivity index (χ3v) is 7.61. The number of aliphatic hydroxyl groups excluding tert-OH is 1. The number of rotatable bonds is 3. The molecule has 7 heteroatoms. The minimum atomic E-state index is -3.77. The summed E-state index contributed by atoms with van der Waals surface area (Å²) in [5.74, 6) is -0.207. The molecule has 0 bridgehead atoms. The van der Waals surface area contributed by atoms with Gasteiger partial charge < -0.3 is 10.0 Å². The van der Waals surface area contributed by atoms with Crippen molar-refractivity contribution in [3.8, 4) is 0 Å². The Balaban J connectivity index is 1.84. The molecule has 2 aromatic rings. The number of aryl methyl sites for hydroxylation is 1. The number of benzene rings is 2. The van der Waals surface area contributed by atoms with Crippen molar-refractivity contribution in [3.05, 3.63) is 59.7 Å². The Morgan fingerprint density at radius 3 is 2.48 bits per heavy atom. The molecule has 4 rings (SSSR count). The summed E-state index contributed by atoms with van der Waals surface area (Å²) >= 11 is 0. The van der Waals surface area contributed by atoms with Gasteiger partial charge in [-0.2, -0.15) is 0 Å². The maximum atomic E-state index is 13.4. The van der Waals surface area contributed by atoms with E-state index in [9.17, 15) is 18.3 Å². The second kappa shape index (κ2) is 6.35. The van der Waals surface area contributed by atoms with Crippen molar-refractivity contribution in [1.29, 1.82) is 0 Å². The molecule has 3 atom stereocenters. The summed E-state index contributed by atoms with van der Waals surface area (Å²) < 4.78 is 28.3. The minimum Gasteiger partial charge on any atom is -0.394 e. The largest absolute Gasteiger partial charge is 0.394 e. The van der Waals surface area contributed by atoms with Crippen LogP contribution in [0.5, 0.6) is 0 Å². The van der Waals surface area contributed by atoms with Gasteiger partial charge in [0.05, 0.1) is 35.8 Å². The van der Waals surface area contributed by atoms with E-state index in [0.717, 1.165) is 5.56 Å². The topological polar surface area (TPSA) is 77.9 Å². The quantitative estimate of drug-likeness (QED) is 0.874. The van der Waals surface area contributed by atoms with E-state index in [0.29, 0.717) is 11.3 Å². The Morgan fingerprint density at radius 1 is 1.15 bits per heavy atom. The summed E-state index contributed by atoms with van der Waals surface area (Å²) in [4.78, 5) is 14.0. The first-order valence-corrected chi connectivity index (χ1v) is 10.4. The first-order valence-electron chi connectivity index (χ1n) is 8.95. The normalized spacial score (nSPS) is 24.0. The Hall–Kier alpha value is -2.38. The highest BCUT2D eigenvalue weighted by atomic mass is 32.2. The minimum absolute atomic E-state index is 0.0570. The van der Waals surface area contributed by atoms with Gasteiger partial charge in [0.25, 0.3) is 10.0 Å². The van der Waals surface area contributed by atoms with Crippen LogP contribution in [0.2, 0.25) is 0 Å². The lowest BCUT2D eigenvalue weighted by molar-refractivity contribution is -0.147. The zero-order valence-electron chi connectivity index (χ0n) is 15.2. The second-order valence-electron chi connectivity index (χ2n) is 7.13. The summed E-state index contributed by atoms with van der Waals surface area (Å²) in [5.41, 5.74) is 2.17. The lowest BCUT2D eigenvalue weighted by atomic mass is 9.72. The molecule has 2 aromatic carbocycles. The Morgan fingerprint density at radius 2 is 1.81 bits per heavy atom. The van der Waals surface area contributed by atoms with E-state index in [-0.39, 0.29) is 42.0 Å². The van der Waals surface area contributed by atoms with Crippen molar-refractivity contribution in [1.82, 2.24) is 4.90 Å². The highest BCUT2D eigenvalue weighted by Crippen LogP contribution is 2.49. The van der Waals surface area contributed by atoms with Crippen LogP contribution in [0.3, 0.4) is 0 Å². The number of carbonyl (C=O) groups is 1. The van der Waals surface area contributed by atoms with Gasteiger partial charge in [-0.25, -0.2) is 8.42 Å². The molecule has 1 saturated heterocycles. The zero-order valence-corrected chi connectivity index (χ0v) is 16.1. The van der Waals surface area contributed by atoms with E-state index < -0.39 is 10.0 Å². The number of likely N-dealkylation sites (tertiary alicyclic amines) is 1. The average Bonchev–Trinajstić information content (AvgIpc) is 2.61. The number of aliphatic hydroxyl groups is 1. The second-order valence-corrected chi connectivity index (χ2v) is 8.96. The van der Waals surface area contributed by atoms with Crippen molar-refractivity contribution >= 4 is 21.6 Å². The number of fused-ring (bicyclic) bond motifs is 3. The van der Waals surface area contributed by atoms with Gasteiger partial charge in [-0.15, -0.1) is 0 Å². The summed E-state index contributed by atoms with van der Waals surface area (Å²) in [6, 6.07) is 13.7. The standard InChI is InChI=1S/C20H22N2O4S/c1-13-7-3-6-10-19(13)27(25,26)21-11-17-20(15-8-4-5-9-16(15)21)18(12-23)22(17)14(2)24/h3-10,17-18,20,23H,11-12H2,1-2H3/t17-,18-,20+/m1/s1. The SMILES string of the molecule is CC(=O)N1[C@H](CO)[C@H]2c3ccccc3N(S(=O)(=O)c3ccccc3C)C[C@H]21. The Kier molecular flexibility index (Phi) is 4.24. The molecule has 0 aliphatic carbocycles. The Labute approximate surface area is 159 Å². The fourth-order valence-electron chi connectivity index (χ4n) is 4.49. The number of nitrogens with zero attached hydrogens (tertiary/aromatic N) is 2. The average molecular weight is 386 g/mol. The summed E-state index contributed by atoms with van der Waals surface area (Å²) in [6.07, 6.45) is 0. The fraction of sp³-hybridized carbons (Fsp3) is 0.350. The molecule has 27 heavy (non-hydrogen) atoms. The zero-order chi connectivity index (χ0) is 19.3. The molecule has 0 unspecified atom stereocenters. The van der Waals surface area contributed by atoms with Crippen molar-refractivity contribution in [3.63, 3.8) is 0 Å². The molecule has 0 aromatic heterocycles. The van der Waals surface area contributed by atoms with Crippen molar-refractivity contribution in [2.75, 3.05) is 17.5 Å². The third kappa shape index (κ3) is 2.56. The monoisotopic (exact) mass is 386 g/mol. The molecule has 2 heterocycles. The van der Waals surface area contributed by atoms with Crippen LogP contribution in [0.15, 0.2) is 53.4 Å². The van der Waals surface area contributed by atoms with Crippen LogP contribution in [0.1, 0.15) is 24.0 Å². The van der Waals surface area contributed by atoms with E-state index in [1.54, 1.807) is 36.1 Å². The summed E-state index contributed by atoms with van der Waals surface area (Å²) in [7, 11) is -3.77. The van der Waals surface area contributed by atoms with Crippen molar-refractivity contribution < 1.29 is 18.3 Å². The maximum Gasteiger partial charge on any atom is 0.264 e. The van der Waals surface area contributed by atoms with Crippen LogP contribution >= 0.6 is 0 Å². The molecular formula is C20H22N2O4S.